The molecule has 1 aromatic heterocycles. The van der Waals surface area contributed by atoms with Gasteiger partial charge >= 0.3 is 5.97 Å². The van der Waals surface area contributed by atoms with Crippen molar-refractivity contribution in [1.82, 2.24) is 9.88 Å². The molecule has 2 N–H and O–H groups in total. The van der Waals surface area contributed by atoms with Crippen LogP contribution in [-0.4, -0.2) is 47.1 Å². The van der Waals surface area contributed by atoms with Crippen molar-refractivity contribution in [2.75, 3.05) is 14.2 Å². The smallest absolute Gasteiger partial charge is 0.326 e. The van der Waals surface area contributed by atoms with E-state index < -0.39 is 12.0 Å². The molecule has 0 aliphatic heterocycles. The number of H-pyrrole nitrogens is 1. The van der Waals surface area contributed by atoms with E-state index in [2.05, 4.69) is 4.98 Å². The molecule has 0 spiro atoms. The van der Waals surface area contributed by atoms with E-state index in [4.69, 9.17) is 9.47 Å². The fourth-order valence-electron chi connectivity index (χ4n) is 3.99. The van der Waals surface area contributed by atoms with Crippen molar-refractivity contribution >= 4 is 22.8 Å². The predicted molar refractivity (Wildman–Crippen MR) is 129 cm³/mol. The van der Waals surface area contributed by atoms with Gasteiger partial charge in [0.05, 0.1) is 14.2 Å². The second-order valence-corrected chi connectivity index (χ2v) is 7.93. The number of methoxy groups -OCH3 is 2. The number of carbonyl (C=O) groups excluding carboxylic acids is 1. The van der Waals surface area contributed by atoms with Gasteiger partial charge in [-0.25, -0.2) is 4.79 Å². The van der Waals surface area contributed by atoms with Gasteiger partial charge in [0.1, 0.15) is 17.5 Å². The van der Waals surface area contributed by atoms with Crippen LogP contribution >= 0.6 is 0 Å². The molecule has 0 aliphatic rings. The summed E-state index contributed by atoms with van der Waals surface area (Å²) in [6.07, 6.45) is 1.97. The molecule has 3 aromatic carbocycles. The maximum Gasteiger partial charge on any atom is 0.326 e. The van der Waals surface area contributed by atoms with Gasteiger partial charge in [-0.2, -0.15) is 0 Å². The van der Waals surface area contributed by atoms with Crippen LogP contribution in [-0.2, 0) is 17.8 Å². The summed E-state index contributed by atoms with van der Waals surface area (Å²) in [6.45, 7) is 0.133. The summed E-state index contributed by atoms with van der Waals surface area (Å²) in [5.74, 6) is -0.136. The third-order valence-electron chi connectivity index (χ3n) is 5.86. The second kappa shape index (κ2) is 10.1. The molecule has 174 valence electrons. The van der Waals surface area contributed by atoms with E-state index in [9.17, 15) is 14.7 Å². The molecule has 1 heterocycles. The van der Waals surface area contributed by atoms with Gasteiger partial charge in [0.15, 0.2) is 0 Å². The molecule has 4 aromatic rings. The van der Waals surface area contributed by atoms with E-state index in [-0.39, 0.29) is 18.9 Å². The van der Waals surface area contributed by atoms with Crippen LogP contribution < -0.4 is 9.47 Å². The molecule has 0 radical (unpaired) electrons. The number of hydrogen-bond acceptors (Lipinski definition) is 4. The first-order valence-corrected chi connectivity index (χ1v) is 10.9. The van der Waals surface area contributed by atoms with Crippen molar-refractivity contribution in [2.45, 2.75) is 19.0 Å². The standard InChI is InChI=1S/C27H26N2O5/c1-33-21-11-7-18(8-12-21)17-29(26(30)19-9-13-22(34-2)14-10-19)25(27(31)32)15-20-16-28-24-6-4-3-5-23(20)24/h3-14,16,25,28H,15,17H2,1-2H3,(H,31,32). The minimum atomic E-state index is -1.07. The van der Waals surface area contributed by atoms with Crippen molar-refractivity contribution in [3.8, 4) is 11.5 Å². The molecule has 4 rings (SSSR count). The minimum Gasteiger partial charge on any atom is -0.497 e. The number of carboxylic acids is 1. The Labute approximate surface area is 197 Å². The lowest BCUT2D eigenvalue weighted by Crippen LogP contribution is -2.46. The minimum absolute atomic E-state index is 0.133. The second-order valence-electron chi connectivity index (χ2n) is 7.93. The zero-order valence-electron chi connectivity index (χ0n) is 19.0. The van der Waals surface area contributed by atoms with Crippen molar-refractivity contribution in [3.05, 3.63) is 95.7 Å². The van der Waals surface area contributed by atoms with E-state index in [0.717, 1.165) is 22.0 Å². The highest BCUT2D eigenvalue weighted by Gasteiger charge is 2.31. The van der Waals surface area contributed by atoms with E-state index in [1.54, 1.807) is 50.6 Å². The molecule has 0 fully saturated rings. The third-order valence-corrected chi connectivity index (χ3v) is 5.86. The van der Waals surface area contributed by atoms with Crippen molar-refractivity contribution in [2.24, 2.45) is 0 Å². The molecular weight excluding hydrogens is 432 g/mol. The Hall–Kier alpha value is -4.26. The summed E-state index contributed by atoms with van der Waals surface area (Å²) in [4.78, 5) is 30.7. The van der Waals surface area contributed by atoms with E-state index >= 15 is 0 Å². The van der Waals surface area contributed by atoms with Crippen LogP contribution in [0.15, 0.2) is 79.0 Å². The van der Waals surface area contributed by atoms with Crippen LogP contribution in [0.3, 0.4) is 0 Å². The largest absolute Gasteiger partial charge is 0.497 e. The first-order valence-electron chi connectivity index (χ1n) is 10.9. The number of nitrogens with zero attached hydrogens (tertiary/aromatic N) is 1. The normalized spacial score (nSPS) is 11.7. The number of carbonyl (C=O) groups is 2. The molecule has 7 heteroatoms. The topological polar surface area (TPSA) is 91.9 Å². The number of carboxylic acid groups (broad SMARTS) is 1. The average Bonchev–Trinajstić information content (AvgIpc) is 3.29. The Kier molecular flexibility index (Phi) is 6.82. The molecule has 34 heavy (non-hydrogen) atoms. The molecule has 0 saturated carbocycles. The number of aromatic amines is 1. The fourth-order valence-corrected chi connectivity index (χ4v) is 3.99. The number of aliphatic carboxylic acids is 1. The summed E-state index contributed by atoms with van der Waals surface area (Å²) in [5.41, 5.74) is 2.95. The lowest BCUT2D eigenvalue weighted by Gasteiger charge is -2.29. The Morgan fingerprint density at radius 1 is 0.912 bits per heavy atom. The molecule has 1 atom stereocenters. The fraction of sp³-hybridized carbons (Fsp3) is 0.185. The Bertz CT molecular complexity index is 1280. The van der Waals surface area contributed by atoms with Crippen LogP contribution in [0.2, 0.25) is 0 Å². The van der Waals surface area contributed by atoms with Crippen LogP contribution in [0.1, 0.15) is 21.5 Å². The van der Waals surface area contributed by atoms with Crippen LogP contribution in [0.4, 0.5) is 0 Å². The van der Waals surface area contributed by atoms with Gasteiger partial charge in [0.25, 0.3) is 5.91 Å². The number of fused-ring (bicyclic) bond motifs is 1. The van der Waals surface area contributed by atoms with Gasteiger partial charge < -0.3 is 24.5 Å². The number of amides is 1. The van der Waals surface area contributed by atoms with Gasteiger partial charge in [0, 0.05) is 35.6 Å². The van der Waals surface area contributed by atoms with Gasteiger partial charge in [-0.3, -0.25) is 4.79 Å². The lowest BCUT2D eigenvalue weighted by molar-refractivity contribution is -0.142. The third kappa shape index (κ3) is 4.88. The first kappa shape index (κ1) is 22.9. The number of aromatic nitrogens is 1. The zero-order valence-corrected chi connectivity index (χ0v) is 19.0. The highest BCUT2D eigenvalue weighted by molar-refractivity contribution is 5.97. The van der Waals surface area contributed by atoms with Crippen molar-refractivity contribution in [3.63, 3.8) is 0 Å². The molecule has 1 amide bonds. The van der Waals surface area contributed by atoms with Gasteiger partial charge in [-0.15, -0.1) is 0 Å². The number of rotatable bonds is 9. The van der Waals surface area contributed by atoms with Gasteiger partial charge in [0.2, 0.25) is 0 Å². The van der Waals surface area contributed by atoms with Crippen LogP contribution in [0.25, 0.3) is 10.9 Å². The Morgan fingerprint density at radius 2 is 1.53 bits per heavy atom. The lowest BCUT2D eigenvalue weighted by atomic mass is 10.0. The SMILES string of the molecule is COc1ccc(CN(C(=O)c2ccc(OC)cc2)C(Cc2c[nH]c3ccccc23)C(=O)O)cc1. The van der Waals surface area contributed by atoms with E-state index in [1.165, 1.54) is 4.90 Å². The van der Waals surface area contributed by atoms with E-state index in [1.807, 2.05) is 42.6 Å². The summed E-state index contributed by atoms with van der Waals surface area (Å²) < 4.78 is 10.4. The molecule has 0 aliphatic carbocycles. The highest BCUT2D eigenvalue weighted by atomic mass is 16.5. The number of benzene rings is 3. The quantitative estimate of drug-likeness (QED) is 0.385. The summed E-state index contributed by atoms with van der Waals surface area (Å²) in [7, 11) is 3.13. The van der Waals surface area contributed by atoms with E-state index in [0.29, 0.717) is 17.1 Å². The summed E-state index contributed by atoms with van der Waals surface area (Å²) in [5, 5.41) is 11.1. The predicted octanol–water partition coefficient (Wildman–Crippen LogP) is 4.52. The highest BCUT2D eigenvalue weighted by Crippen LogP contribution is 2.24. The molecule has 0 bridgehead atoms. The van der Waals surface area contributed by atoms with Gasteiger partial charge in [-0.05, 0) is 53.6 Å². The first-order chi connectivity index (χ1) is 16.5. The van der Waals surface area contributed by atoms with Crippen LogP contribution in [0.5, 0.6) is 11.5 Å². The molecule has 7 nitrogen and oxygen atoms in total. The number of hydrogen-bond donors (Lipinski definition) is 2. The molecule has 0 saturated heterocycles. The van der Waals surface area contributed by atoms with Gasteiger partial charge in [-0.1, -0.05) is 30.3 Å². The number of nitrogens with one attached hydrogen (secondary N) is 1. The Balaban J connectivity index is 1.70. The number of ether oxygens (including phenoxy) is 2. The molecular formula is C27H26N2O5. The maximum absolute atomic E-state index is 13.6. The zero-order chi connectivity index (χ0) is 24.1. The summed E-state index contributed by atoms with van der Waals surface area (Å²) in [6, 6.07) is 20.5. The number of para-hydroxylation sites is 1. The van der Waals surface area contributed by atoms with Crippen molar-refractivity contribution in [1.29, 1.82) is 0 Å². The Morgan fingerprint density at radius 3 is 2.15 bits per heavy atom. The molecule has 1 unspecified atom stereocenters. The maximum atomic E-state index is 13.6. The van der Waals surface area contributed by atoms with Crippen molar-refractivity contribution < 1.29 is 24.2 Å². The monoisotopic (exact) mass is 458 g/mol. The average molecular weight is 459 g/mol. The summed E-state index contributed by atoms with van der Waals surface area (Å²) >= 11 is 0. The van der Waals surface area contributed by atoms with Crippen LogP contribution in [0, 0.1) is 0 Å².